The summed E-state index contributed by atoms with van der Waals surface area (Å²) in [5, 5.41) is 8.71. The van der Waals surface area contributed by atoms with Crippen LogP contribution in [-0.4, -0.2) is 59.5 Å². The third kappa shape index (κ3) is 3.48. The predicted molar refractivity (Wildman–Crippen MR) is 59.8 cm³/mol. The van der Waals surface area contributed by atoms with E-state index in [9.17, 15) is 9.59 Å². The molecular formula is C11H20N2O3. The van der Waals surface area contributed by atoms with Gasteiger partial charge in [-0.1, -0.05) is 13.3 Å². The molecule has 1 aliphatic rings. The maximum Gasteiger partial charge on any atom is 0.248 e. The number of carbonyl (C=O) groups is 2. The van der Waals surface area contributed by atoms with Crippen LogP contribution in [0.1, 0.15) is 26.2 Å². The summed E-state index contributed by atoms with van der Waals surface area (Å²) < 4.78 is 0. The summed E-state index contributed by atoms with van der Waals surface area (Å²) >= 11 is 0. The van der Waals surface area contributed by atoms with Crippen LogP contribution in [0, 0.1) is 0 Å². The lowest BCUT2D eigenvalue weighted by Crippen LogP contribution is -2.51. The van der Waals surface area contributed by atoms with Crippen molar-refractivity contribution in [3.8, 4) is 0 Å². The monoisotopic (exact) mass is 228 g/mol. The Balaban J connectivity index is 2.31. The van der Waals surface area contributed by atoms with E-state index in [0.29, 0.717) is 32.6 Å². The minimum absolute atomic E-state index is 0.179. The van der Waals surface area contributed by atoms with Gasteiger partial charge in [0.2, 0.25) is 11.8 Å². The van der Waals surface area contributed by atoms with Crippen LogP contribution in [-0.2, 0) is 9.59 Å². The first kappa shape index (κ1) is 13.0. The summed E-state index contributed by atoms with van der Waals surface area (Å²) in [6.07, 6.45) is 2.55. The number of amides is 2. The van der Waals surface area contributed by atoms with Gasteiger partial charge in [0.25, 0.3) is 0 Å². The maximum absolute atomic E-state index is 11.7. The Morgan fingerprint density at radius 3 is 2.00 bits per heavy atom. The fraction of sp³-hybridized carbons (Fsp3) is 0.818. The van der Waals surface area contributed by atoms with Crippen LogP contribution < -0.4 is 0 Å². The van der Waals surface area contributed by atoms with E-state index >= 15 is 0 Å². The van der Waals surface area contributed by atoms with Crippen LogP contribution in [0.5, 0.6) is 0 Å². The molecule has 2 amide bonds. The average molecular weight is 228 g/mol. The van der Waals surface area contributed by atoms with Crippen molar-refractivity contribution in [2.45, 2.75) is 26.2 Å². The summed E-state index contributed by atoms with van der Waals surface area (Å²) in [5.41, 5.74) is 0. The van der Waals surface area contributed by atoms with Crippen molar-refractivity contribution < 1.29 is 14.7 Å². The van der Waals surface area contributed by atoms with E-state index in [2.05, 4.69) is 6.92 Å². The van der Waals surface area contributed by atoms with Gasteiger partial charge < -0.3 is 14.9 Å². The van der Waals surface area contributed by atoms with Crippen LogP contribution in [0.4, 0.5) is 0 Å². The number of piperazine rings is 1. The Morgan fingerprint density at radius 1 is 1.06 bits per heavy atom. The molecule has 1 fully saturated rings. The highest BCUT2D eigenvalue weighted by Gasteiger charge is 2.22. The molecule has 0 aliphatic carbocycles. The number of carbonyl (C=O) groups excluding carboxylic acids is 2. The molecule has 0 atom stereocenters. The van der Waals surface area contributed by atoms with Gasteiger partial charge in [0.15, 0.2) is 0 Å². The molecule has 1 N–H and O–H groups in total. The van der Waals surface area contributed by atoms with Gasteiger partial charge in [-0.25, -0.2) is 0 Å². The topological polar surface area (TPSA) is 60.9 Å². The van der Waals surface area contributed by atoms with Crippen molar-refractivity contribution >= 4 is 11.8 Å². The number of rotatable bonds is 4. The second-order valence-electron chi connectivity index (χ2n) is 4.02. The molecule has 0 bridgehead atoms. The zero-order chi connectivity index (χ0) is 12.0. The predicted octanol–water partition coefficient (Wildman–Crippen LogP) is -0.160. The molecule has 92 valence electrons. The number of aliphatic hydroxyl groups excluding tert-OH is 1. The van der Waals surface area contributed by atoms with Crippen molar-refractivity contribution in [1.82, 2.24) is 9.80 Å². The number of unbranched alkanes of at least 4 members (excludes halogenated alkanes) is 1. The summed E-state index contributed by atoms with van der Waals surface area (Å²) in [6, 6.07) is 0. The number of hydrogen-bond donors (Lipinski definition) is 1. The molecule has 16 heavy (non-hydrogen) atoms. The van der Waals surface area contributed by atoms with Crippen LogP contribution in [0.15, 0.2) is 0 Å². The van der Waals surface area contributed by atoms with Gasteiger partial charge in [-0.15, -0.1) is 0 Å². The molecule has 0 radical (unpaired) electrons. The summed E-state index contributed by atoms with van der Waals surface area (Å²) in [4.78, 5) is 26.3. The fourth-order valence-electron chi connectivity index (χ4n) is 1.79. The van der Waals surface area contributed by atoms with Crippen LogP contribution in [0.25, 0.3) is 0 Å². The van der Waals surface area contributed by atoms with E-state index in [1.807, 2.05) is 0 Å². The van der Waals surface area contributed by atoms with Crippen molar-refractivity contribution in [3.63, 3.8) is 0 Å². The lowest BCUT2D eigenvalue weighted by atomic mass is 10.2. The first-order valence-electron chi connectivity index (χ1n) is 5.85. The lowest BCUT2D eigenvalue weighted by Gasteiger charge is -2.34. The molecule has 1 saturated heterocycles. The Hall–Kier alpha value is -1.10. The zero-order valence-electron chi connectivity index (χ0n) is 9.81. The molecule has 5 heteroatoms. The first-order chi connectivity index (χ1) is 7.69. The van der Waals surface area contributed by atoms with E-state index < -0.39 is 6.61 Å². The highest BCUT2D eigenvalue weighted by molar-refractivity contribution is 5.79. The standard InChI is InChI=1S/C11H20N2O3/c1-2-3-4-10(15)12-5-7-13(8-6-12)11(16)9-14/h14H,2-9H2,1H3. The molecule has 0 aromatic rings. The van der Waals surface area contributed by atoms with E-state index in [-0.39, 0.29) is 11.8 Å². The normalized spacial score (nSPS) is 16.4. The third-order valence-electron chi connectivity index (χ3n) is 2.86. The molecular weight excluding hydrogens is 208 g/mol. The van der Waals surface area contributed by atoms with E-state index in [4.69, 9.17) is 5.11 Å². The van der Waals surface area contributed by atoms with E-state index in [1.165, 1.54) is 0 Å². The van der Waals surface area contributed by atoms with Gasteiger partial charge in [0.1, 0.15) is 6.61 Å². The van der Waals surface area contributed by atoms with Gasteiger partial charge in [-0.2, -0.15) is 0 Å². The first-order valence-corrected chi connectivity index (χ1v) is 5.85. The van der Waals surface area contributed by atoms with Gasteiger partial charge in [0.05, 0.1) is 0 Å². The molecule has 1 heterocycles. The van der Waals surface area contributed by atoms with Crippen LogP contribution >= 0.6 is 0 Å². The van der Waals surface area contributed by atoms with Crippen LogP contribution in [0.2, 0.25) is 0 Å². The lowest BCUT2D eigenvalue weighted by molar-refractivity contribution is -0.141. The summed E-state index contributed by atoms with van der Waals surface area (Å²) in [6.45, 7) is 3.88. The van der Waals surface area contributed by atoms with E-state index in [1.54, 1.807) is 9.80 Å². The zero-order valence-corrected chi connectivity index (χ0v) is 9.81. The van der Waals surface area contributed by atoms with Gasteiger partial charge >= 0.3 is 0 Å². The molecule has 5 nitrogen and oxygen atoms in total. The maximum atomic E-state index is 11.7. The molecule has 1 rings (SSSR count). The van der Waals surface area contributed by atoms with Crippen molar-refractivity contribution in [1.29, 1.82) is 0 Å². The Kier molecular flexibility index (Phi) is 5.25. The average Bonchev–Trinajstić information content (AvgIpc) is 2.35. The van der Waals surface area contributed by atoms with Crippen LogP contribution in [0.3, 0.4) is 0 Å². The minimum atomic E-state index is -0.441. The second-order valence-corrected chi connectivity index (χ2v) is 4.02. The molecule has 0 saturated carbocycles. The highest BCUT2D eigenvalue weighted by Crippen LogP contribution is 2.06. The second kappa shape index (κ2) is 6.48. The molecule has 0 spiro atoms. The summed E-state index contributed by atoms with van der Waals surface area (Å²) in [7, 11) is 0. The van der Waals surface area contributed by atoms with Gasteiger partial charge in [-0.05, 0) is 6.42 Å². The smallest absolute Gasteiger partial charge is 0.248 e. The Morgan fingerprint density at radius 2 is 1.56 bits per heavy atom. The fourth-order valence-corrected chi connectivity index (χ4v) is 1.79. The highest BCUT2D eigenvalue weighted by atomic mass is 16.3. The quantitative estimate of drug-likeness (QED) is 0.727. The molecule has 1 aliphatic heterocycles. The van der Waals surface area contributed by atoms with E-state index in [0.717, 1.165) is 12.8 Å². The van der Waals surface area contributed by atoms with Crippen molar-refractivity contribution in [2.24, 2.45) is 0 Å². The van der Waals surface area contributed by atoms with Gasteiger partial charge in [0, 0.05) is 32.6 Å². The van der Waals surface area contributed by atoms with Crippen molar-refractivity contribution in [3.05, 3.63) is 0 Å². The summed E-state index contributed by atoms with van der Waals surface area (Å²) in [5.74, 6) is -0.0707. The number of aliphatic hydroxyl groups is 1. The third-order valence-corrected chi connectivity index (χ3v) is 2.86. The Labute approximate surface area is 96.0 Å². The minimum Gasteiger partial charge on any atom is -0.387 e. The largest absolute Gasteiger partial charge is 0.387 e. The number of hydrogen-bond acceptors (Lipinski definition) is 3. The van der Waals surface area contributed by atoms with Crippen molar-refractivity contribution in [2.75, 3.05) is 32.8 Å². The molecule has 0 aromatic heterocycles. The molecule has 0 unspecified atom stereocenters. The molecule has 0 aromatic carbocycles. The van der Waals surface area contributed by atoms with Gasteiger partial charge in [-0.3, -0.25) is 9.59 Å². The Bertz CT molecular complexity index is 248. The SMILES string of the molecule is CCCCC(=O)N1CCN(C(=O)CO)CC1. The number of nitrogens with zero attached hydrogens (tertiary/aromatic N) is 2.